The summed E-state index contributed by atoms with van der Waals surface area (Å²) in [6.07, 6.45) is 0.697. The number of nitrogens with one attached hydrogen (secondary N) is 2. The van der Waals surface area contributed by atoms with Crippen LogP contribution in [-0.4, -0.2) is 47.9 Å². The fraction of sp³-hybridized carbons (Fsp3) is 0.316. The fourth-order valence-electron chi connectivity index (χ4n) is 3.52. The number of carbonyl (C=O) groups is 1. The molecule has 1 amide bonds. The van der Waals surface area contributed by atoms with Gasteiger partial charge in [0.05, 0.1) is 16.3 Å². The number of sulfonamides is 1. The largest absolute Gasteiger partial charge is 0.353 e. The van der Waals surface area contributed by atoms with Gasteiger partial charge in [-0.2, -0.15) is 5.10 Å². The topological polar surface area (TPSA) is 100 Å². The summed E-state index contributed by atoms with van der Waals surface area (Å²) in [5.74, 6) is 0.0928. The lowest BCUT2D eigenvalue weighted by atomic mass is 10.2. The number of nitrogens with zero attached hydrogens (tertiary/aromatic N) is 3. The molecule has 0 saturated heterocycles. The van der Waals surface area contributed by atoms with Gasteiger partial charge < -0.3 is 5.32 Å². The quantitative estimate of drug-likeness (QED) is 0.525. The van der Waals surface area contributed by atoms with Gasteiger partial charge in [0.15, 0.2) is 10.6 Å². The van der Waals surface area contributed by atoms with Gasteiger partial charge in [0.1, 0.15) is 6.04 Å². The molecule has 0 saturated carbocycles. The second kappa shape index (κ2) is 8.32. The van der Waals surface area contributed by atoms with Gasteiger partial charge in [0.25, 0.3) is 0 Å². The first-order valence-electron chi connectivity index (χ1n) is 9.45. The highest BCUT2D eigenvalue weighted by Gasteiger charge is 2.29. The standard InChI is InChI=1S/C19H21N5O3S3/c1-13(24-17(21-22-19(24)28)16-7-4-11-29-16)18(25)20-9-12-30(26,27)23-10-8-14-5-2-3-6-15(14)23/h2-7,11,13H,8-10,12H2,1H3,(H,20,25)(H,22,28). The number of thiophene rings is 1. The third-order valence-electron chi connectivity index (χ3n) is 5.05. The van der Waals surface area contributed by atoms with Gasteiger partial charge in [-0.15, -0.1) is 11.3 Å². The molecule has 2 aromatic heterocycles. The van der Waals surface area contributed by atoms with Crippen molar-refractivity contribution in [2.24, 2.45) is 0 Å². The molecule has 158 valence electrons. The van der Waals surface area contributed by atoms with Gasteiger partial charge in [0.2, 0.25) is 15.9 Å². The molecule has 11 heteroatoms. The smallest absolute Gasteiger partial charge is 0.242 e. The lowest BCUT2D eigenvalue weighted by molar-refractivity contribution is -0.123. The van der Waals surface area contributed by atoms with E-state index in [1.165, 1.54) is 15.6 Å². The molecule has 1 aliphatic rings. The summed E-state index contributed by atoms with van der Waals surface area (Å²) in [5.41, 5.74) is 1.75. The molecule has 3 heterocycles. The maximum atomic E-state index is 12.8. The fourth-order valence-corrected chi connectivity index (χ4v) is 5.95. The molecule has 3 aromatic rings. The van der Waals surface area contributed by atoms with Gasteiger partial charge in [-0.3, -0.25) is 18.8 Å². The average Bonchev–Trinajstić information content (AvgIpc) is 3.46. The molecular formula is C19H21N5O3S3. The Morgan fingerprint density at radius 3 is 2.90 bits per heavy atom. The van der Waals surface area contributed by atoms with Gasteiger partial charge in [-0.05, 0) is 48.6 Å². The Balaban J connectivity index is 1.41. The van der Waals surface area contributed by atoms with E-state index >= 15 is 0 Å². The van der Waals surface area contributed by atoms with Crippen LogP contribution in [0.25, 0.3) is 10.7 Å². The molecule has 30 heavy (non-hydrogen) atoms. The zero-order chi connectivity index (χ0) is 21.3. The molecule has 1 atom stereocenters. The van der Waals surface area contributed by atoms with Gasteiger partial charge in [-0.25, -0.2) is 8.42 Å². The number of amides is 1. The first-order valence-corrected chi connectivity index (χ1v) is 12.3. The second-order valence-corrected chi connectivity index (χ2v) is 10.3. The van der Waals surface area contributed by atoms with Crippen molar-refractivity contribution in [3.05, 3.63) is 52.1 Å². The van der Waals surface area contributed by atoms with Crippen molar-refractivity contribution in [2.45, 2.75) is 19.4 Å². The number of para-hydroxylation sites is 1. The van der Waals surface area contributed by atoms with Crippen LogP contribution in [0.5, 0.6) is 0 Å². The van der Waals surface area contributed by atoms with E-state index in [-0.39, 0.29) is 18.2 Å². The number of carbonyl (C=O) groups excluding carboxylic acids is 1. The van der Waals surface area contributed by atoms with Crippen LogP contribution in [0.2, 0.25) is 0 Å². The number of H-pyrrole nitrogens is 1. The van der Waals surface area contributed by atoms with Crippen LogP contribution in [0.15, 0.2) is 41.8 Å². The molecule has 0 bridgehead atoms. The van der Waals surface area contributed by atoms with Crippen molar-refractivity contribution >= 4 is 45.2 Å². The SMILES string of the molecule is CC(C(=O)NCCS(=O)(=O)N1CCc2ccccc21)n1c(-c2cccs2)n[nH]c1=S. The number of hydrogen-bond acceptors (Lipinski definition) is 6. The van der Waals surface area contributed by atoms with E-state index in [4.69, 9.17) is 12.2 Å². The Labute approximate surface area is 183 Å². The summed E-state index contributed by atoms with van der Waals surface area (Å²) in [4.78, 5) is 13.6. The zero-order valence-electron chi connectivity index (χ0n) is 16.2. The summed E-state index contributed by atoms with van der Waals surface area (Å²) in [6, 6.07) is 10.6. The van der Waals surface area contributed by atoms with E-state index < -0.39 is 16.1 Å². The van der Waals surface area contributed by atoms with Crippen molar-refractivity contribution < 1.29 is 13.2 Å². The summed E-state index contributed by atoms with van der Waals surface area (Å²) < 4.78 is 29.0. The molecule has 2 N–H and O–H groups in total. The van der Waals surface area contributed by atoms with Gasteiger partial charge >= 0.3 is 0 Å². The number of anilines is 1. The maximum absolute atomic E-state index is 12.8. The lowest BCUT2D eigenvalue weighted by Crippen LogP contribution is -2.39. The minimum atomic E-state index is -3.53. The van der Waals surface area contributed by atoms with Gasteiger partial charge in [-0.1, -0.05) is 24.3 Å². The van der Waals surface area contributed by atoms with Crippen molar-refractivity contribution in [1.82, 2.24) is 20.1 Å². The van der Waals surface area contributed by atoms with Crippen LogP contribution in [0.3, 0.4) is 0 Å². The minimum absolute atomic E-state index is 0.0175. The number of aromatic amines is 1. The molecule has 1 aromatic carbocycles. The molecule has 0 spiro atoms. The molecule has 1 aliphatic heterocycles. The summed E-state index contributed by atoms with van der Waals surface area (Å²) in [7, 11) is -3.53. The molecule has 0 radical (unpaired) electrons. The van der Waals surface area contributed by atoms with Crippen molar-refractivity contribution in [3.63, 3.8) is 0 Å². The number of benzene rings is 1. The third-order valence-corrected chi connectivity index (χ3v) is 7.98. The summed E-state index contributed by atoms with van der Waals surface area (Å²) in [5, 5.41) is 11.6. The van der Waals surface area contributed by atoms with Crippen molar-refractivity contribution in [2.75, 3.05) is 23.1 Å². The van der Waals surface area contributed by atoms with Crippen LogP contribution in [0, 0.1) is 4.77 Å². The highest BCUT2D eigenvalue weighted by Crippen LogP contribution is 2.30. The first kappa shape index (κ1) is 20.8. The number of aromatic nitrogens is 3. The van der Waals surface area contributed by atoms with Crippen molar-refractivity contribution in [1.29, 1.82) is 0 Å². The highest BCUT2D eigenvalue weighted by molar-refractivity contribution is 7.92. The highest BCUT2D eigenvalue weighted by atomic mass is 32.2. The van der Waals surface area contributed by atoms with Crippen LogP contribution in [0.1, 0.15) is 18.5 Å². The third kappa shape index (κ3) is 3.92. The van der Waals surface area contributed by atoms with Crippen LogP contribution < -0.4 is 9.62 Å². The maximum Gasteiger partial charge on any atom is 0.242 e. The molecule has 4 rings (SSSR count). The Kier molecular flexibility index (Phi) is 5.76. The molecule has 0 fully saturated rings. The number of fused-ring (bicyclic) bond motifs is 1. The normalized spacial score (nSPS) is 14.5. The average molecular weight is 464 g/mol. The van der Waals surface area contributed by atoms with E-state index in [1.54, 1.807) is 11.5 Å². The Morgan fingerprint density at radius 1 is 1.33 bits per heavy atom. The van der Waals surface area contributed by atoms with E-state index in [9.17, 15) is 13.2 Å². The van der Waals surface area contributed by atoms with Crippen molar-refractivity contribution in [3.8, 4) is 10.7 Å². The number of hydrogen-bond donors (Lipinski definition) is 2. The Hall–Kier alpha value is -2.50. The summed E-state index contributed by atoms with van der Waals surface area (Å²) >= 11 is 6.79. The molecule has 1 unspecified atom stereocenters. The van der Waals surface area contributed by atoms with Gasteiger partial charge in [0, 0.05) is 13.1 Å². The predicted octanol–water partition coefficient (Wildman–Crippen LogP) is 2.74. The summed E-state index contributed by atoms with van der Waals surface area (Å²) in [6.45, 7) is 2.16. The predicted molar refractivity (Wildman–Crippen MR) is 120 cm³/mol. The number of rotatable bonds is 7. The van der Waals surface area contributed by atoms with Crippen LogP contribution >= 0.6 is 23.6 Å². The van der Waals surface area contributed by atoms with E-state index in [2.05, 4.69) is 15.5 Å². The zero-order valence-corrected chi connectivity index (χ0v) is 18.7. The second-order valence-electron chi connectivity index (χ2n) is 6.93. The lowest BCUT2D eigenvalue weighted by Gasteiger charge is -2.20. The molecule has 0 aliphatic carbocycles. The minimum Gasteiger partial charge on any atom is -0.353 e. The molecule has 8 nitrogen and oxygen atoms in total. The first-order chi connectivity index (χ1) is 14.4. The monoisotopic (exact) mass is 463 g/mol. The van der Waals surface area contributed by atoms with E-state index in [0.29, 0.717) is 23.6 Å². The Bertz CT molecular complexity index is 1210. The molecular weight excluding hydrogens is 442 g/mol. The van der Waals surface area contributed by atoms with E-state index in [1.807, 2.05) is 41.8 Å². The Morgan fingerprint density at radius 2 is 2.13 bits per heavy atom. The van der Waals surface area contributed by atoms with Crippen LogP contribution in [0.4, 0.5) is 5.69 Å². The van der Waals surface area contributed by atoms with Crippen LogP contribution in [-0.2, 0) is 21.2 Å². The van der Waals surface area contributed by atoms with E-state index in [0.717, 1.165) is 16.1 Å².